The van der Waals surface area contributed by atoms with Crippen LogP contribution in [0.15, 0.2) is 18.2 Å². The Bertz CT molecular complexity index is 626. The molecular weight excluding hydrogens is 328 g/mol. The Hall–Kier alpha value is -1.59. The number of carbonyl (C=O) groups excluding carboxylic acids is 1. The van der Waals surface area contributed by atoms with Crippen LogP contribution in [0.2, 0.25) is 0 Å². The normalized spacial score (nSPS) is 24.8. The quantitative estimate of drug-likeness (QED) is 0.875. The minimum atomic E-state index is 0.185. The molecule has 0 saturated carbocycles. The summed E-state index contributed by atoms with van der Waals surface area (Å²) in [5.74, 6) is 2.62. The van der Waals surface area contributed by atoms with Gasteiger partial charge in [0.2, 0.25) is 5.91 Å². The van der Waals surface area contributed by atoms with Gasteiger partial charge in [0.15, 0.2) is 0 Å². The molecule has 2 fully saturated rings. The molecule has 0 aliphatic carbocycles. The highest BCUT2D eigenvalue weighted by Gasteiger charge is 2.38. The monoisotopic (exact) mass is 360 g/mol. The number of rotatable bonds is 5. The summed E-state index contributed by atoms with van der Waals surface area (Å²) >= 11 is 0. The van der Waals surface area contributed by atoms with Crippen molar-refractivity contribution in [3.8, 4) is 5.75 Å². The summed E-state index contributed by atoms with van der Waals surface area (Å²) in [7, 11) is 1.70. The zero-order valence-electron chi connectivity index (χ0n) is 16.3. The van der Waals surface area contributed by atoms with Crippen molar-refractivity contribution in [2.24, 2.45) is 17.8 Å². The lowest BCUT2D eigenvalue weighted by Crippen LogP contribution is -2.40. The molecular formula is C21H32N2O3. The van der Waals surface area contributed by atoms with Crippen LogP contribution in [0.3, 0.4) is 0 Å². The number of hydrogen-bond acceptors (Lipinski definition) is 4. The highest BCUT2D eigenvalue weighted by molar-refractivity contribution is 5.73. The van der Waals surface area contributed by atoms with Crippen molar-refractivity contribution in [3.05, 3.63) is 29.3 Å². The van der Waals surface area contributed by atoms with Gasteiger partial charge in [0.1, 0.15) is 5.75 Å². The molecule has 2 saturated heterocycles. The van der Waals surface area contributed by atoms with Crippen LogP contribution in [0.4, 0.5) is 0 Å². The molecule has 0 spiro atoms. The molecule has 1 amide bonds. The lowest BCUT2D eigenvalue weighted by Gasteiger charge is -2.36. The van der Waals surface area contributed by atoms with E-state index in [1.807, 2.05) is 11.0 Å². The minimum Gasteiger partial charge on any atom is -0.496 e. The second-order valence-electron chi connectivity index (χ2n) is 7.95. The number of aliphatic hydroxyl groups is 1. The molecule has 2 aliphatic rings. The van der Waals surface area contributed by atoms with E-state index in [0.717, 1.165) is 56.9 Å². The van der Waals surface area contributed by atoms with Gasteiger partial charge in [-0.25, -0.2) is 0 Å². The fourth-order valence-electron chi connectivity index (χ4n) is 4.78. The minimum absolute atomic E-state index is 0.185. The molecule has 2 aliphatic heterocycles. The van der Waals surface area contributed by atoms with E-state index in [4.69, 9.17) is 4.74 Å². The summed E-state index contributed by atoms with van der Waals surface area (Å²) in [5, 5.41) is 9.90. The van der Waals surface area contributed by atoms with E-state index in [2.05, 4.69) is 24.0 Å². The summed E-state index contributed by atoms with van der Waals surface area (Å²) < 4.78 is 5.35. The Kier molecular flexibility index (Phi) is 6.20. The number of methoxy groups -OCH3 is 1. The predicted octanol–water partition coefficient (Wildman–Crippen LogP) is 2.30. The summed E-state index contributed by atoms with van der Waals surface area (Å²) in [6, 6.07) is 6.38. The highest BCUT2D eigenvalue weighted by Crippen LogP contribution is 2.36. The Morgan fingerprint density at radius 1 is 1.27 bits per heavy atom. The number of carbonyl (C=O) groups is 1. The predicted molar refractivity (Wildman–Crippen MR) is 102 cm³/mol. The molecule has 1 aromatic rings. The molecule has 2 atom stereocenters. The van der Waals surface area contributed by atoms with E-state index in [0.29, 0.717) is 17.8 Å². The van der Waals surface area contributed by atoms with Gasteiger partial charge in [-0.05, 0) is 54.7 Å². The fraction of sp³-hybridized carbons (Fsp3) is 0.667. The molecule has 26 heavy (non-hydrogen) atoms. The molecule has 2 heterocycles. The topological polar surface area (TPSA) is 53.0 Å². The van der Waals surface area contributed by atoms with Gasteiger partial charge < -0.3 is 14.7 Å². The Balaban J connectivity index is 1.60. The zero-order valence-corrected chi connectivity index (χ0v) is 16.3. The van der Waals surface area contributed by atoms with E-state index >= 15 is 0 Å². The highest BCUT2D eigenvalue weighted by atomic mass is 16.5. The molecule has 144 valence electrons. The van der Waals surface area contributed by atoms with Gasteiger partial charge >= 0.3 is 0 Å². The first-order valence-corrected chi connectivity index (χ1v) is 9.74. The van der Waals surface area contributed by atoms with Crippen LogP contribution in [-0.2, 0) is 11.3 Å². The molecule has 1 N–H and O–H groups in total. The van der Waals surface area contributed by atoms with Crippen LogP contribution in [0.5, 0.6) is 5.75 Å². The average Bonchev–Trinajstić information content (AvgIpc) is 3.05. The molecule has 5 nitrogen and oxygen atoms in total. The van der Waals surface area contributed by atoms with Gasteiger partial charge in [-0.3, -0.25) is 9.69 Å². The first kappa shape index (κ1) is 19.2. The van der Waals surface area contributed by atoms with Crippen molar-refractivity contribution >= 4 is 5.91 Å². The second-order valence-corrected chi connectivity index (χ2v) is 7.95. The molecule has 0 bridgehead atoms. The van der Waals surface area contributed by atoms with Crippen LogP contribution >= 0.6 is 0 Å². The van der Waals surface area contributed by atoms with Crippen molar-refractivity contribution in [2.75, 3.05) is 39.9 Å². The smallest absolute Gasteiger partial charge is 0.219 e. The van der Waals surface area contributed by atoms with Crippen molar-refractivity contribution in [1.29, 1.82) is 0 Å². The average molecular weight is 360 g/mol. The van der Waals surface area contributed by atoms with Crippen molar-refractivity contribution in [2.45, 2.75) is 33.2 Å². The van der Waals surface area contributed by atoms with Crippen molar-refractivity contribution < 1.29 is 14.6 Å². The van der Waals surface area contributed by atoms with Gasteiger partial charge in [0.25, 0.3) is 0 Å². The third-order valence-electron chi connectivity index (χ3n) is 6.26. The Labute approximate surface area is 156 Å². The SMILES string of the molecule is COc1ccc(CN2C[C@@H](CO)[C@H](C3CCN(C(C)=O)CC3)C2)cc1C. The van der Waals surface area contributed by atoms with Crippen molar-refractivity contribution in [3.63, 3.8) is 0 Å². The van der Waals surface area contributed by atoms with E-state index in [9.17, 15) is 9.90 Å². The van der Waals surface area contributed by atoms with Crippen LogP contribution < -0.4 is 4.74 Å². The third-order valence-corrected chi connectivity index (χ3v) is 6.26. The van der Waals surface area contributed by atoms with Gasteiger partial charge in [-0.2, -0.15) is 0 Å². The van der Waals surface area contributed by atoms with Crippen LogP contribution in [-0.4, -0.2) is 60.7 Å². The van der Waals surface area contributed by atoms with Crippen LogP contribution in [0.25, 0.3) is 0 Å². The maximum Gasteiger partial charge on any atom is 0.219 e. The van der Waals surface area contributed by atoms with E-state index < -0.39 is 0 Å². The lowest BCUT2D eigenvalue weighted by molar-refractivity contribution is -0.130. The Morgan fingerprint density at radius 2 is 2.00 bits per heavy atom. The maximum absolute atomic E-state index is 11.5. The number of piperidine rings is 1. The summed E-state index contributed by atoms with van der Waals surface area (Å²) in [4.78, 5) is 16.0. The lowest BCUT2D eigenvalue weighted by atomic mass is 9.79. The second kappa shape index (κ2) is 8.40. The summed E-state index contributed by atoms with van der Waals surface area (Å²) in [5.41, 5.74) is 2.46. The van der Waals surface area contributed by atoms with E-state index in [-0.39, 0.29) is 12.5 Å². The first-order chi connectivity index (χ1) is 12.5. The van der Waals surface area contributed by atoms with E-state index in [1.165, 1.54) is 5.56 Å². The largest absolute Gasteiger partial charge is 0.496 e. The number of aryl methyl sites for hydroxylation is 1. The Morgan fingerprint density at radius 3 is 2.58 bits per heavy atom. The summed E-state index contributed by atoms with van der Waals surface area (Å²) in [6.45, 7) is 8.65. The first-order valence-electron chi connectivity index (χ1n) is 9.74. The number of nitrogens with zero attached hydrogens (tertiary/aromatic N) is 2. The zero-order chi connectivity index (χ0) is 18.7. The third kappa shape index (κ3) is 4.21. The molecule has 0 radical (unpaired) electrons. The fourth-order valence-corrected chi connectivity index (χ4v) is 4.78. The molecule has 3 rings (SSSR count). The number of benzene rings is 1. The number of hydrogen-bond donors (Lipinski definition) is 1. The van der Waals surface area contributed by atoms with Gasteiger partial charge in [0.05, 0.1) is 7.11 Å². The van der Waals surface area contributed by atoms with Gasteiger partial charge in [0, 0.05) is 46.3 Å². The maximum atomic E-state index is 11.5. The van der Waals surface area contributed by atoms with Crippen molar-refractivity contribution in [1.82, 2.24) is 9.80 Å². The van der Waals surface area contributed by atoms with Gasteiger partial charge in [-0.1, -0.05) is 12.1 Å². The number of amides is 1. The standard InChI is InChI=1S/C21H32N2O3/c1-15-10-17(4-5-21(15)26-3)11-22-12-19(14-24)20(13-22)18-6-8-23(9-7-18)16(2)25/h4-5,10,18-20,24H,6-9,11-14H2,1-3H3/t19-,20-/m0/s1. The number of ether oxygens (including phenoxy) is 1. The van der Waals surface area contributed by atoms with Crippen LogP contribution in [0.1, 0.15) is 30.9 Å². The molecule has 0 aromatic heterocycles. The number of aliphatic hydroxyl groups excluding tert-OH is 1. The summed E-state index contributed by atoms with van der Waals surface area (Å²) in [6.07, 6.45) is 2.13. The number of likely N-dealkylation sites (tertiary alicyclic amines) is 2. The molecule has 0 unspecified atom stereocenters. The van der Waals surface area contributed by atoms with Gasteiger partial charge in [-0.15, -0.1) is 0 Å². The molecule has 5 heteroatoms. The van der Waals surface area contributed by atoms with E-state index in [1.54, 1.807) is 14.0 Å². The molecule has 1 aromatic carbocycles. The van der Waals surface area contributed by atoms with Crippen LogP contribution in [0, 0.1) is 24.7 Å².